The topological polar surface area (TPSA) is 66.0 Å². The Bertz CT molecular complexity index is 1130. The van der Waals surface area contributed by atoms with Crippen LogP contribution in [0.15, 0.2) is 59.1 Å². The molecule has 1 aliphatic rings. The summed E-state index contributed by atoms with van der Waals surface area (Å²) in [6, 6.07) is 18.3. The first-order valence-electron chi connectivity index (χ1n) is 9.32. The van der Waals surface area contributed by atoms with Gasteiger partial charge < -0.3 is 9.26 Å². The Labute approximate surface area is 162 Å². The lowest BCUT2D eigenvalue weighted by molar-refractivity contribution is -0.00113. The van der Waals surface area contributed by atoms with Crippen molar-refractivity contribution in [3.63, 3.8) is 0 Å². The average Bonchev–Trinajstić information content (AvgIpc) is 3.37. The molecule has 0 saturated heterocycles. The molecule has 0 radical (unpaired) electrons. The van der Waals surface area contributed by atoms with Crippen LogP contribution in [-0.4, -0.2) is 19.9 Å². The van der Waals surface area contributed by atoms with Crippen LogP contribution in [0.25, 0.3) is 23.0 Å². The van der Waals surface area contributed by atoms with E-state index in [0.29, 0.717) is 30.6 Å². The van der Waals surface area contributed by atoms with Gasteiger partial charge in [-0.05, 0) is 42.7 Å². The number of aryl methyl sites for hydroxylation is 2. The van der Waals surface area contributed by atoms with Gasteiger partial charge in [0, 0.05) is 5.56 Å². The molecular weight excluding hydrogens is 352 g/mol. The molecule has 0 aliphatic carbocycles. The molecular formula is C22H20N4O2. The molecule has 3 heterocycles. The maximum atomic E-state index is 6.01. The number of rotatable bonds is 3. The van der Waals surface area contributed by atoms with Gasteiger partial charge >= 0.3 is 0 Å². The smallest absolute Gasteiger partial charge is 0.278 e. The van der Waals surface area contributed by atoms with E-state index in [9.17, 15) is 0 Å². The third-order valence-corrected chi connectivity index (χ3v) is 5.22. The lowest BCUT2D eigenvalue weighted by atomic mass is 10.1. The highest BCUT2D eigenvalue weighted by molar-refractivity contribution is 5.59. The fourth-order valence-corrected chi connectivity index (χ4v) is 3.42. The fourth-order valence-electron chi connectivity index (χ4n) is 3.42. The summed E-state index contributed by atoms with van der Waals surface area (Å²) < 4.78 is 13.5. The van der Waals surface area contributed by atoms with E-state index >= 15 is 0 Å². The molecule has 0 unspecified atom stereocenters. The molecule has 0 bridgehead atoms. The first-order valence-corrected chi connectivity index (χ1v) is 9.32. The quantitative estimate of drug-likeness (QED) is 0.530. The summed E-state index contributed by atoms with van der Waals surface area (Å²) in [6.45, 7) is 5.33. The second kappa shape index (κ2) is 6.73. The largest absolute Gasteiger partial charge is 0.365 e. The molecule has 0 spiro atoms. The second-order valence-electron chi connectivity index (χ2n) is 7.14. The van der Waals surface area contributed by atoms with Crippen molar-refractivity contribution in [3.05, 3.63) is 77.0 Å². The Hall–Kier alpha value is -3.25. The lowest BCUT2D eigenvalue weighted by Crippen LogP contribution is -2.21. The van der Waals surface area contributed by atoms with Gasteiger partial charge in [-0.2, -0.15) is 10.1 Å². The van der Waals surface area contributed by atoms with Crippen LogP contribution in [0, 0.1) is 13.8 Å². The summed E-state index contributed by atoms with van der Waals surface area (Å²) in [7, 11) is 0. The second-order valence-corrected chi connectivity index (χ2v) is 7.14. The molecule has 0 amide bonds. The Kier molecular flexibility index (Phi) is 4.06. The molecule has 6 heteroatoms. The summed E-state index contributed by atoms with van der Waals surface area (Å²) in [5.41, 5.74) is 6.21. The van der Waals surface area contributed by atoms with Crippen LogP contribution < -0.4 is 0 Å². The highest BCUT2D eigenvalue weighted by atomic mass is 16.5. The van der Waals surface area contributed by atoms with Crippen molar-refractivity contribution in [2.75, 3.05) is 0 Å². The summed E-state index contributed by atoms with van der Waals surface area (Å²) in [6.07, 6.45) is -0.00442. The van der Waals surface area contributed by atoms with Crippen LogP contribution >= 0.6 is 0 Å². The summed E-state index contributed by atoms with van der Waals surface area (Å²) in [5, 5.41) is 8.81. The number of hydrogen-bond donors (Lipinski definition) is 0. The predicted molar refractivity (Wildman–Crippen MR) is 104 cm³/mol. The van der Waals surface area contributed by atoms with Gasteiger partial charge in [0.2, 0.25) is 5.82 Å². The Morgan fingerprint density at radius 2 is 1.86 bits per heavy atom. The van der Waals surface area contributed by atoms with Crippen LogP contribution in [-0.2, 0) is 17.9 Å². The monoisotopic (exact) mass is 372 g/mol. The van der Waals surface area contributed by atoms with Crippen molar-refractivity contribution < 1.29 is 9.26 Å². The Morgan fingerprint density at radius 3 is 2.68 bits per heavy atom. The van der Waals surface area contributed by atoms with E-state index in [-0.39, 0.29) is 6.10 Å². The van der Waals surface area contributed by atoms with E-state index in [1.807, 2.05) is 35.0 Å². The first-order chi connectivity index (χ1) is 13.7. The summed E-state index contributed by atoms with van der Waals surface area (Å²) >= 11 is 0. The number of nitrogens with zero attached hydrogens (tertiary/aromatic N) is 4. The van der Waals surface area contributed by atoms with E-state index in [0.717, 1.165) is 16.8 Å². The van der Waals surface area contributed by atoms with Crippen molar-refractivity contribution in [2.45, 2.75) is 33.1 Å². The number of fused-ring (bicyclic) bond motifs is 1. The van der Waals surface area contributed by atoms with Gasteiger partial charge in [0.05, 0.1) is 18.8 Å². The highest BCUT2D eigenvalue weighted by Crippen LogP contribution is 2.29. The van der Waals surface area contributed by atoms with E-state index in [1.165, 1.54) is 11.1 Å². The lowest BCUT2D eigenvalue weighted by Gasteiger charge is -2.24. The number of benzene rings is 2. The van der Waals surface area contributed by atoms with Gasteiger partial charge in [-0.3, -0.25) is 4.68 Å². The Balaban J connectivity index is 1.41. The number of hydrogen-bond acceptors (Lipinski definition) is 5. The molecule has 0 N–H and O–H groups in total. The van der Waals surface area contributed by atoms with Gasteiger partial charge in [0.1, 0.15) is 6.10 Å². The van der Waals surface area contributed by atoms with E-state index in [4.69, 9.17) is 9.26 Å². The molecule has 4 aromatic rings. The van der Waals surface area contributed by atoms with Crippen LogP contribution in [0.1, 0.15) is 28.5 Å². The molecule has 1 aliphatic heterocycles. The van der Waals surface area contributed by atoms with Crippen molar-refractivity contribution in [3.8, 4) is 23.0 Å². The van der Waals surface area contributed by atoms with Crippen LogP contribution in [0.2, 0.25) is 0 Å². The maximum absolute atomic E-state index is 6.01. The fraction of sp³-hybridized carbons (Fsp3) is 0.227. The van der Waals surface area contributed by atoms with Crippen molar-refractivity contribution in [2.24, 2.45) is 0 Å². The summed E-state index contributed by atoms with van der Waals surface area (Å²) in [4.78, 5) is 4.55. The minimum absolute atomic E-state index is 0.00442. The molecule has 6 nitrogen and oxygen atoms in total. The van der Waals surface area contributed by atoms with Crippen LogP contribution in [0.3, 0.4) is 0 Å². The predicted octanol–water partition coefficient (Wildman–Crippen LogP) is 4.49. The zero-order valence-corrected chi connectivity index (χ0v) is 15.8. The normalized spacial score (nSPS) is 16.1. The van der Waals surface area contributed by atoms with Gasteiger partial charge in [0.25, 0.3) is 5.89 Å². The van der Waals surface area contributed by atoms with Crippen molar-refractivity contribution in [1.29, 1.82) is 0 Å². The molecule has 2 aromatic heterocycles. The van der Waals surface area contributed by atoms with Crippen molar-refractivity contribution >= 4 is 0 Å². The van der Waals surface area contributed by atoms with E-state index in [1.54, 1.807) is 0 Å². The van der Waals surface area contributed by atoms with Gasteiger partial charge in [-0.25, -0.2) is 0 Å². The van der Waals surface area contributed by atoms with Gasteiger partial charge in [-0.15, -0.1) is 0 Å². The minimum atomic E-state index is -0.00442. The molecule has 28 heavy (non-hydrogen) atoms. The SMILES string of the molecule is Cc1ccc(-c2noc(-c3cc4n(n3)C[C@H](c3ccccc3)OC4)n2)cc1C. The number of ether oxygens (including phenoxy) is 1. The number of aromatic nitrogens is 4. The zero-order chi connectivity index (χ0) is 19.1. The minimum Gasteiger partial charge on any atom is -0.365 e. The molecule has 1 atom stereocenters. The van der Waals surface area contributed by atoms with Crippen LogP contribution in [0.4, 0.5) is 0 Å². The third-order valence-electron chi connectivity index (χ3n) is 5.22. The van der Waals surface area contributed by atoms with Crippen molar-refractivity contribution in [1.82, 2.24) is 19.9 Å². The molecule has 140 valence electrons. The molecule has 0 fully saturated rings. The Morgan fingerprint density at radius 1 is 1.00 bits per heavy atom. The summed E-state index contributed by atoms with van der Waals surface area (Å²) in [5.74, 6) is 0.994. The van der Waals surface area contributed by atoms with Gasteiger partial charge in [0.15, 0.2) is 5.69 Å². The maximum Gasteiger partial charge on any atom is 0.278 e. The third kappa shape index (κ3) is 3.01. The molecule has 2 aromatic carbocycles. The average molecular weight is 372 g/mol. The van der Waals surface area contributed by atoms with Crippen LogP contribution in [0.5, 0.6) is 0 Å². The van der Waals surface area contributed by atoms with E-state index < -0.39 is 0 Å². The zero-order valence-electron chi connectivity index (χ0n) is 15.8. The first kappa shape index (κ1) is 16.9. The van der Waals surface area contributed by atoms with E-state index in [2.05, 4.69) is 53.4 Å². The molecule has 5 rings (SSSR count). The highest BCUT2D eigenvalue weighted by Gasteiger charge is 2.24. The van der Waals surface area contributed by atoms with Gasteiger partial charge in [-0.1, -0.05) is 47.6 Å². The standard InChI is InChI=1S/C22H20N4O2/c1-14-8-9-17(10-15(14)2)21-23-22(28-25-21)19-11-18-13-27-20(12-26(18)24-19)16-6-4-3-5-7-16/h3-11,20H,12-13H2,1-2H3/t20-/m1/s1. The molecule has 0 saturated carbocycles.